The third-order valence-electron chi connectivity index (χ3n) is 3.11. The second-order valence-corrected chi connectivity index (χ2v) is 5.10. The van der Waals surface area contributed by atoms with Crippen LogP contribution in [0.15, 0.2) is 30.3 Å². The van der Waals surface area contributed by atoms with Crippen LogP contribution in [0.2, 0.25) is 0 Å². The zero-order chi connectivity index (χ0) is 11.9. The fourth-order valence-corrected chi connectivity index (χ4v) is 1.83. The average Bonchev–Trinajstić information content (AvgIpc) is 3.17. The van der Waals surface area contributed by atoms with Crippen LogP contribution in [0.5, 0.6) is 0 Å². The highest BCUT2D eigenvalue weighted by Gasteiger charge is 2.20. The molecule has 1 aliphatic rings. The molecule has 1 aromatic carbocycles. The lowest BCUT2D eigenvalue weighted by molar-refractivity contribution is 0.107. The largest absolute Gasteiger partial charge is 0.381 e. The lowest BCUT2D eigenvalue weighted by Gasteiger charge is -2.12. The van der Waals surface area contributed by atoms with Crippen LogP contribution in [-0.4, -0.2) is 25.8 Å². The Morgan fingerprint density at radius 3 is 2.76 bits per heavy atom. The Bertz CT molecular complexity index is 308. The van der Waals surface area contributed by atoms with Gasteiger partial charge in [-0.05, 0) is 30.7 Å². The lowest BCUT2D eigenvalue weighted by Crippen LogP contribution is -2.26. The molecule has 0 heterocycles. The third-order valence-corrected chi connectivity index (χ3v) is 3.11. The standard InChI is InChI=1S/C15H23NO/c1-13(11-16-15-7-8-15)12-17-10-9-14-5-3-2-4-6-14/h2-6,13,15-16H,7-12H2,1H3. The van der Waals surface area contributed by atoms with E-state index in [9.17, 15) is 0 Å². The molecule has 0 spiro atoms. The highest BCUT2D eigenvalue weighted by Crippen LogP contribution is 2.18. The van der Waals surface area contributed by atoms with Crippen LogP contribution >= 0.6 is 0 Å². The molecule has 2 nitrogen and oxygen atoms in total. The number of benzene rings is 1. The zero-order valence-corrected chi connectivity index (χ0v) is 10.7. The minimum Gasteiger partial charge on any atom is -0.381 e. The molecule has 0 aromatic heterocycles. The molecule has 1 aliphatic carbocycles. The normalized spacial score (nSPS) is 17.0. The van der Waals surface area contributed by atoms with Gasteiger partial charge < -0.3 is 10.1 Å². The van der Waals surface area contributed by atoms with Crippen LogP contribution in [0.1, 0.15) is 25.3 Å². The molecule has 0 aliphatic heterocycles. The van der Waals surface area contributed by atoms with Crippen molar-refractivity contribution in [2.75, 3.05) is 19.8 Å². The van der Waals surface area contributed by atoms with E-state index >= 15 is 0 Å². The highest BCUT2D eigenvalue weighted by molar-refractivity contribution is 5.14. The van der Waals surface area contributed by atoms with Crippen molar-refractivity contribution in [3.8, 4) is 0 Å². The van der Waals surface area contributed by atoms with Crippen LogP contribution < -0.4 is 5.32 Å². The van der Waals surface area contributed by atoms with Gasteiger partial charge in [0.15, 0.2) is 0 Å². The molecule has 1 unspecified atom stereocenters. The first-order valence-corrected chi connectivity index (χ1v) is 6.69. The van der Waals surface area contributed by atoms with E-state index in [1.165, 1.54) is 18.4 Å². The van der Waals surface area contributed by atoms with Crippen molar-refractivity contribution in [2.24, 2.45) is 5.92 Å². The maximum Gasteiger partial charge on any atom is 0.0506 e. The molecule has 1 fully saturated rings. The Balaban J connectivity index is 1.50. The second kappa shape index (κ2) is 6.77. The Labute approximate surface area is 104 Å². The predicted molar refractivity (Wildman–Crippen MR) is 71.2 cm³/mol. The van der Waals surface area contributed by atoms with Crippen molar-refractivity contribution in [1.82, 2.24) is 5.32 Å². The SMILES string of the molecule is CC(CNC1CC1)COCCc1ccccc1. The predicted octanol–water partition coefficient (Wildman–Crippen LogP) is 2.63. The molecule has 0 amide bonds. The third kappa shape index (κ3) is 5.33. The molecule has 0 radical (unpaired) electrons. The Morgan fingerprint density at radius 1 is 1.29 bits per heavy atom. The zero-order valence-electron chi connectivity index (χ0n) is 10.7. The van der Waals surface area contributed by atoms with Crippen molar-refractivity contribution in [2.45, 2.75) is 32.2 Å². The quantitative estimate of drug-likeness (QED) is 0.697. The van der Waals surface area contributed by atoms with Gasteiger partial charge in [-0.3, -0.25) is 0 Å². The molecule has 1 N–H and O–H groups in total. The molecule has 0 saturated heterocycles. The van der Waals surface area contributed by atoms with Crippen LogP contribution in [0, 0.1) is 5.92 Å². The smallest absolute Gasteiger partial charge is 0.0506 e. The lowest BCUT2D eigenvalue weighted by atomic mass is 10.1. The van der Waals surface area contributed by atoms with E-state index in [0.717, 1.165) is 32.2 Å². The van der Waals surface area contributed by atoms with Gasteiger partial charge in [-0.15, -0.1) is 0 Å². The van der Waals surface area contributed by atoms with E-state index in [1.54, 1.807) is 0 Å². The van der Waals surface area contributed by atoms with Gasteiger partial charge in [0, 0.05) is 12.6 Å². The summed E-state index contributed by atoms with van der Waals surface area (Å²) in [6.07, 6.45) is 3.74. The molecular formula is C15H23NO. The number of ether oxygens (including phenoxy) is 1. The first-order valence-electron chi connectivity index (χ1n) is 6.69. The highest BCUT2D eigenvalue weighted by atomic mass is 16.5. The van der Waals surface area contributed by atoms with Gasteiger partial charge in [0.25, 0.3) is 0 Å². The monoisotopic (exact) mass is 233 g/mol. The minimum absolute atomic E-state index is 0.617. The Morgan fingerprint density at radius 2 is 2.06 bits per heavy atom. The first kappa shape index (κ1) is 12.6. The molecule has 17 heavy (non-hydrogen) atoms. The average molecular weight is 233 g/mol. The number of hydrogen-bond donors (Lipinski definition) is 1. The van der Waals surface area contributed by atoms with Gasteiger partial charge in [0.1, 0.15) is 0 Å². The first-order chi connectivity index (χ1) is 8.34. The van der Waals surface area contributed by atoms with E-state index in [4.69, 9.17) is 4.74 Å². The summed E-state index contributed by atoms with van der Waals surface area (Å²) >= 11 is 0. The van der Waals surface area contributed by atoms with Gasteiger partial charge in [-0.1, -0.05) is 37.3 Å². The fraction of sp³-hybridized carbons (Fsp3) is 0.600. The van der Waals surface area contributed by atoms with Crippen molar-refractivity contribution >= 4 is 0 Å². The van der Waals surface area contributed by atoms with Crippen LogP contribution in [0.25, 0.3) is 0 Å². The van der Waals surface area contributed by atoms with Gasteiger partial charge >= 0.3 is 0 Å². The van der Waals surface area contributed by atoms with E-state index < -0.39 is 0 Å². The molecule has 0 bridgehead atoms. The summed E-state index contributed by atoms with van der Waals surface area (Å²) in [4.78, 5) is 0. The summed E-state index contributed by atoms with van der Waals surface area (Å²) in [6, 6.07) is 11.3. The molecule has 2 rings (SSSR count). The number of nitrogens with one attached hydrogen (secondary N) is 1. The minimum atomic E-state index is 0.617. The molecule has 1 aromatic rings. The summed E-state index contributed by atoms with van der Waals surface area (Å²) < 4.78 is 5.71. The summed E-state index contributed by atoms with van der Waals surface area (Å²) in [6.45, 7) is 5.04. The molecule has 1 saturated carbocycles. The van der Waals surface area contributed by atoms with Crippen molar-refractivity contribution in [1.29, 1.82) is 0 Å². The van der Waals surface area contributed by atoms with Gasteiger partial charge in [0.05, 0.1) is 13.2 Å². The second-order valence-electron chi connectivity index (χ2n) is 5.10. The summed E-state index contributed by atoms with van der Waals surface area (Å²) in [5, 5.41) is 3.53. The fourth-order valence-electron chi connectivity index (χ4n) is 1.83. The maximum absolute atomic E-state index is 5.71. The molecular weight excluding hydrogens is 210 g/mol. The van der Waals surface area contributed by atoms with E-state index in [0.29, 0.717) is 5.92 Å². The van der Waals surface area contributed by atoms with Gasteiger partial charge in [0.2, 0.25) is 0 Å². The van der Waals surface area contributed by atoms with Gasteiger partial charge in [-0.2, -0.15) is 0 Å². The summed E-state index contributed by atoms with van der Waals surface area (Å²) in [5.74, 6) is 0.617. The van der Waals surface area contributed by atoms with E-state index in [1.807, 2.05) is 0 Å². The Kier molecular flexibility index (Phi) is 5.02. The molecule has 2 heteroatoms. The number of hydrogen-bond acceptors (Lipinski definition) is 2. The maximum atomic E-state index is 5.71. The van der Waals surface area contributed by atoms with Crippen molar-refractivity contribution in [3.05, 3.63) is 35.9 Å². The van der Waals surface area contributed by atoms with E-state index in [2.05, 4.69) is 42.6 Å². The van der Waals surface area contributed by atoms with Crippen LogP contribution in [0.3, 0.4) is 0 Å². The summed E-state index contributed by atoms with van der Waals surface area (Å²) in [5.41, 5.74) is 1.36. The number of rotatable bonds is 8. The van der Waals surface area contributed by atoms with Crippen LogP contribution in [-0.2, 0) is 11.2 Å². The molecule has 1 atom stereocenters. The van der Waals surface area contributed by atoms with Crippen LogP contribution in [0.4, 0.5) is 0 Å². The molecule has 94 valence electrons. The van der Waals surface area contributed by atoms with Gasteiger partial charge in [-0.25, -0.2) is 0 Å². The Hall–Kier alpha value is -0.860. The topological polar surface area (TPSA) is 21.3 Å². The summed E-state index contributed by atoms with van der Waals surface area (Å²) in [7, 11) is 0. The van der Waals surface area contributed by atoms with Crippen molar-refractivity contribution < 1.29 is 4.74 Å². The van der Waals surface area contributed by atoms with E-state index in [-0.39, 0.29) is 0 Å². The van der Waals surface area contributed by atoms with Crippen molar-refractivity contribution in [3.63, 3.8) is 0 Å².